The van der Waals surface area contributed by atoms with Gasteiger partial charge in [-0.3, -0.25) is 14.5 Å². The van der Waals surface area contributed by atoms with Crippen LogP contribution in [0.25, 0.3) is 11.4 Å². The van der Waals surface area contributed by atoms with Crippen LogP contribution in [0.1, 0.15) is 36.5 Å². The third-order valence-corrected chi connectivity index (χ3v) is 5.17. The Morgan fingerprint density at radius 1 is 1.20 bits per heavy atom. The Morgan fingerprint density at radius 2 is 1.93 bits per heavy atom. The molecular weight excluding hydrogens is 392 g/mol. The molecule has 0 radical (unpaired) electrons. The molecule has 0 aliphatic carbocycles. The van der Waals surface area contributed by atoms with Crippen LogP contribution in [-0.4, -0.2) is 52.9 Å². The molecule has 2 heterocycles. The lowest BCUT2D eigenvalue weighted by Crippen LogP contribution is -2.46. The zero-order chi connectivity index (χ0) is 22.0. The minimum absolute atomic E-state index is 0.193. The van der Waals surface area contributed by atoms with Crippen molar-refractivity contribution in [3.8, 4) is 11.4 Å². The van der Waals surface area contributed by atoms with Crippen LogP contribution in [0, 0.1) is 17.6 Å². The van der Waals surface area contributed by atoms with Crippen molar-refractivity contribution < 1.29 is 18.4 Å². The zero-order valence-corrected chi connectivity index (χ0v) is 17.6. The van der Waals surface area contributed by atoms with E-state index < -0.39 is 23.6 Å². The van der Waals surface area contributed by atoms with Gasteiger partial charge in [0.15, 0.2) is 17.3 Å². The van der Waals surface area contributed by atoms with Crippen LogP contribution in [0.15, 0.2) is 18.2 Å². The number of hydrogen-bond acceptors (Lipinski definition) is 4. The second-order valence-electron chi connectivity index (χ2n) is 8.02. The van der Waals surface area contributed by atoms with Gasteiger partial charge in [-0.1, -0.05) is 13.8 Å². The second kappa shape index (κ2) is 8.91. The molecule has 1 aliphatic rings. The van der Waals surface area contributed by atoms with Crippen LogP contribution in [0.4, 0.5) is 8.78 Å². The summed E-state index contributed by atoms with van der Waals surface area (Å²) in [6.45, 7) is 5.71. The van der Waals surface area contributed by atoms with E-state index in [9.17, 15) is 18.4 Å². The van der Waals surface area contributed by atoms with Crippen molar-refractivity contribution in [2.24, 2.45) is 5.92 Å². The number of imidazole rings is 1. The summed E-state index contributed by atoms with van der Waals surface area (Å²) in [4.78, 5) is 31.8. The maximum Gasteiger partial charge on any atom is 0.272 e. The smallest absolute Gasteiger partial charge is 0.272 e. The molecule has 0 spiro atoms. The highest BCUT2D eigenvalue weighted by atomic mass is 19.2. The molecule has 0 bridgehead atoms. The fourth-order valence-electron chi connectivity index (χ4n) is 3.63. The lowest BCUT2D eigenvalue weighted by Gasteiger charge is -2.26. The van der Waals surface area contributed by atoms with Crippen LogP contribution in [0.3, 0.4) is 0 Å². The van der Waals surface area contributed by atoms with E-state index in [-0.39, 0.29) is 17.5 Å². The number of nitrogens with one attached hydrogen (secondary N) is 2. The molecule has 1 aromatic heterocycles. The minimum Gasteiger partial charge on any atom is -0.357 e. The van der Waals surface area contributed by atoms with E-state index in [2.05, 4.69) is 15.6 Å². The Balaban J connectivity index is 1.99. The number of amides is 2. The van der Waals surface area contributed by atoms with Gasteiger partial charge in [0.25, 0.3) is 5.91 Å². The maximum absolute atomic E-state index is 13.8. The largest absolute Gasteiger partial charge is 0.357 e. The molecule has 0 fully saturated rings. The number of halogens is 2. The summed E-state index contributed by atoms with van der Waals surface area (Å²) >= 11 is 0. The van der Waals surface area contributed by atoms with Crippen molar-refractivity contribution in [1.29, 1.82) is 0 Å². The standard InChI is InChI=1S/C21H27F2N5O2/c1-12(2)9-16(20(29)24-3)25-21(30)18-17-11-27(4)7-8-28(17)19(26-18)13-5-6-14(22)15(23)10-13/h5-6,10,12,16H,7-9,11H2,1-4H3,(H,24,29)(H,25,30)/t16-/m0/s1. The molecule has 1 atom stereocenters. The Morgan fingerprint density at radius 3 is 2.57 bits per heavy atom. The summed E-state index contributed by atoms with van der Waals surface area (Å²) in [6.07, 6.45) is 0.484. The highest BCUT2D eigenvalue weighted by molar-refractivity contribution is 5.97. The molecule has 2 aromatic rings. The number of carbonyl (C=O) groups is 2. The molecule has 0 saturated carbocycles. The molecule has 2 amide bonds. The number of aromatic nitrogens is 2. The predicted octanol–water partition coefficient (Wildman–Crippen LogP) is 2.16. The van der Waals surface area contributed by atoms with Gasteiger partial charge in [0.1, 0.15) is 11.9 Å². The van der Waals surface area contributed by atoms with Gasteiger partial charge in [-0.05, 0) is 37.6 Å². The second-order valence-corrected chi connectivity index (χ2v) is 8.02. The molecule has 2 N–H and O–H groups in total. The van der Waals surface area contributed by atoms with Gasteiger partial charge in [-0.2, -0.15) is 0 Å². The van der Waals surface area contributed by atoms with Crippen molar-refractivity contribution in [2.45, 2.75) is 39.4 Å². The molecular formula is C21H27F2N5O2. The van der Waals surface area contributed by atoms with Gasteiger partial charge in [0.05, 0.1) is 5.69 Å². The molecule has 0 saturated heterocycles. The summed E-state index contributed by atoms with van der Waals surface area (Å²) in [7, 11) is 3.46. The lowest BCUT2D eigenvalue weighted by molar-refractivity contribution is -0.122. The minimum atomic E-state index is -0.972. The Bertz CT molecular complexity index is 957. The van der Waals surface area contributed by atoms with Crippen molar-refractivity contribution in [1.82, 2.24) is 25.1 Å². The highest BCUT2D eigenvalue weighted by Gasteiger charge is 2.29. The number of carbonyl (C=O) groups excluding carboxylic acids is 2. The molecule has 3 rings (SSSR count). The van der Waals surface area contributed by atoms with Crippen LogP contribution < -0.4 is 10.6 Å². The number of fused-ring (bicyclic) bond motifs is 1. The highest BCUT2D eigenvalue weighted by Crippen LogP contribution is 2.27. The first-order valence-corrected chi connectivity index (χ1v) is 9.97. The van der Waals surface area contributed by atoms with Crippen LogP contribution in [0.5, 0.6) is 0 Å². The topological polar surface area (TPSA) is 79.3 Å². The molecule has 9 heteroatoms. The van der Waals surface area contributed by atoms with Crippen molar-refractivity contribution in [3.05, 3.63) is 41.2 Å². The maximum atomic E-state index is 13.8. The lowest BCUT2D eigenvalue weighted by atomic mass is 10.0. The van der Waals surface area contributed by atoms with E-state index in [1.165, 1.54) is 13.1 Å². The van der Waals surface area contributed by atoms with E-state index in [0.717, 1.165) is 18.7 Å². The number of rotatable bonds is 6. The van der Waals surface area contributed by atoms with Crippen LogP contribution in [-0.2, 0) is 17.9 Å². The summed E-state index contributed by atoms with van der Waals surface area (Å²) in [6, 6.07) is 2.88. The monoisotopic (exact) mass is 419 g/mol. The zero-order valence-electron chi connectivity index (χ0n) is 17.6. The van der Waals surface area contributed by atoms with Crippen LogP contribution >= 0.6 is 0 Å². The first kappa shape index (κ1) is 21.9. The summed E-state index contributed by atoms with van der Waals surface area (Å²) in [5.74, 6) is -2.04. The van der Waals surface area contributed by atoms with Gasteiger partial charge < -0.3 is 15.2 Å². The van der Waals surface area contributed by atoms with Gasteiger partial charge >= 0.3 is 0 Å². The first-order valence-electron chi connectivity index (χ1n) is 9.97. The quantitative estimate of drug-likeness (QED) is 0.752. The molecule has 1 aliphatic heterocycles. The van der Waals surface area contributed by atoms with E-state index in [4.69, 9.17) is 0 Å². The van der Waals surface area contributed by atoms with Crippen LogP contribution in [0.2, 0.25) is 0 Å². The van der Waals surface area contributed by atoms with Crippen molar-refractivity contribution in [2.75, 3.05) is 20.6 Å². The fourth-order valence-corrected chi connectivity index (χ4v) is 3.63. The normalized spacial score (nSPS) is 15.0. The number of nitrogens with zero attached hydrogens (tertiary/aromatic N) is 3. The molecule has 7 nitrogen and oxygen atoms in total. The van der Waals surface area contributed by atoms with Gasteiger partial charge in [0.2, 0.25) is 5.91 Å². The number of benzene rings is 1. The van der Waals surface area contributed by atoms with E-state index in [0.29, 0.717) is 36.6 Å². The van der Waals surface area contributed by atoms with Crippen molar-refractivity contribution in [3.63, 3.8) is 0 Å². The molecule has 1 aromatic carbocycles. The van der Waals surface area contributed by atoms with Gasteiger partial charge in [-0.15, -0.1) is 0 Å². The Labute approximate surface area is 174 Å². The van der Waals surface area contributed by atoms with Gasteiger partial charge in [-0.25, -0.2) is 13.8 Å². The number of hydrogen-bond donors (Lipinski definition) is 2. The third kappa shape index (κ3) is 4.51. The fraction of sp³-hybridized carbons (Fsp3) is 0.476. The summed E-state index contributed by atoms with van der Waals surface area (Å²) in [5.41, 5.74) is 1.27. The first-order chi connectivity index (χ1) is 14.2. The van der Waals surface area contributed by atoms with Crippen molar-refractivity contribution >= 4 is 11.8 Å². The summed E-state index contributed by atoms with van der Waals surface area (Å²) < 4.78 is 29.0. The van der Waals surface area contributed by atoms with Gasteiger partial charge in [0, 0.05) is 32.2 Å². The Hall–Kier alpha value is -2.81. The molecule has 30 heavy (non-hydrogen) atoms. The van der Waals surface area contributed by atoms with E-state index in [1.807, 2.05) is 30.4 Å². The predicted molar refractivity (Wildman–Crippen MR) is 109 cm³/mol. The summed E-state index contributed by atoms with van der Waals surface area (Å²) in [5, 5.41) is 5.36. The van der Waals surface area contributed by atoms with E-state index >= 15 is 0 Å². The third-order valence-electron chi connectivity index (χ3n) is 5.17. The SMILES string of the molecule is CNC(=O)[C@H](CC(C)C)NC(=O)c1nc(-c2ccc(F)c(F)c2)n2c1CN(C)CC2. The average molecular weight is 419 g/mol. The average Bonchev–Trinajstić information content (AvgIpc) is 3.07. The molecule has 0 unspecified atom stereocenters. The number of likely N-dealkylation sites (N-methyl/N-ethyl adjacent to an activating group) is 2. The van der Waals surface area contributed by atoms with E-state index in [1.54, 1.807) is 0 Å². The molecule has 162 valence electrons. The Kier molecular flexibility index (Phi) is 6.50.